The number of hydrogen-bond donors (Lipinski definition) is 3. The summed E-state index contributed by atoms with van der Waals surface area (Å²) in [4.78, 5) is 27.1. The minimum Gasteiger partial charge on any atom is -0.352 e. The number of carbonyl (C=O) groups excluding carboxylic acids is 2. The first-order valence-corrected chi connectivity index (χ1v) is 8.99. The first kappa shape index (κ1) is 19.1. The third kappa shape index (κ3) is 5.11. The van der Waals surface area contributed by atoms with Crippen molar-refractivity contribution in [3.63, 3.8) is 0 Å². The highest BCUT2D eigenvalue weighted by Crippen LogP contribution is 2.31. The van der Waals surface area contributed by atoms with E-state index in [1.165, 1.54) is 11.8 Å². The lowest BCUT2D eigenvalue weighted by molar-refractivity contribution is -0.113. The van der Waals surface area contributed by atoms with Crippen LogP contribution in [0.4, 0.5) is 5.69 Å². The Hall–Kier alpha value is -1.28. The molecule has 2 aliphatic heterocycles. The van der Waals surface area contributed by atoms with Crippen LogP contribution in [0.1, 0.15) is 16.8 Å². The van der Waals surface area contributed by atoms with Crippen LogP contribution in [0.2, 0.25) is 0 Å². The van der Waals surface area contributed by atoms with Gasteiger partial charge in [-0.2, -0.15) is 0 Å². The second-order valence-corrected chi connectivity index (χ2v) is 6.77. The second-order valence-electron chi connectivity index (χ2n) is 5.75. The molecule has 8 heteroatoms. The van der Waals surface area contributed by atoms with E-state index in [-0.39, 0.29) is 24.2 Å². The van der Waals surface area contributed by atoms with E-state index in [2.05, 4.69) is 20.9 Å². The first-order valence-electron chi connectivity index (χ1n) is 8.00. The van der Waals surface area contributed by atoms with Crippen molar-refractivity contribution in [2.75, 3.05) is 50.3 Å². The number of fused-ring (bicyclic) bond motifs is 1. The van der Waals surface area contributed by atoms with E-state index in [1.807, 2.05) is 12.1 Å². The molecule has 2 aliphatic rings. The zero-order chi connectivity index (χ0) is 16.1. The van der Waals surface area contributed by atoms with Crippen LogP contribution in [0.25, 0.3) is 0 Å². The van der Waals surface area contributed by atoms with Crippen molar-refractivity contribution in [2.45, 2.75) is 11.3 Å². The Morgan fingerprint density at radius 1 is 1.29 bits per heavy atom. The van der Waals surface area contributed by atoms with Crippen molar-refractivity contribution >= 4 is 41.7 Å². The average Bonchev–Trinajstić information content (AvgIpc) is 2.58. The maximum Gasteiger partial charge on any atom is 0.251 e. The van der Waals surface area contributed by atoms with Crippen LogP contribution in [-0.4, -0.2) is 61.7 Å². The Morgan fingerprint density at radius 2 is 2.08 bits per heavy atom. The monoisotopic (exact) mass is 370 g/mol. The van der Waals surface area contributed by atoms with E-state index >= 15 is 0 Å². The highest BCUT2D eigenvalue weighted by atomic mass is 35.5. The van der Waals surface area contributed by atoms with Gasteiger partial charge in [-0.1, -0.05) is 0 Å². The lowest BCUT2D eigenvalue weighted by Gasteiger charge is -2.27. The molecule has 24 heavy (non-hydrogen) atoms. The molecule has 6 nitrogen and oxygen atoms in total. The molecule has 2 amide bonds. The van der Waals surface area contributed by atoms with Crippen molar-refractivity contribution < 1.29 is 9.59 Å². The van der Waals surface area contributed by atoms with Crippen LogP contribution in [0.5, 0.6) is 0 Å². The van der Waals surface area contributed by atoms with Gasteiger partial charge < -0.3 is 20.9 Å². The standard InChI is InChI=1S/C16H22N4O2S.ClH/c21-15-11-23-14-3-2-12(10-13(14)19-15)16(22)18-4-1-7-20-8-5-17-6-9-20;/h2-3,10,17H,1,4-9,11H2,(H,18,22)(H,19,21);1H. The molecule has 0 aliphatic carbocycles. The second kappa shape index (κ2) is 9.27. The van der Waals surface area contributed by atoms with Gasteiger partial charge in [-0.3, -0.25) is 9.59 Å². The molecule has 0 spiro atoms. The molecule has 0 atom stereocenters. The predicted octanol–water partition coefficient (Wildman–Crippen LogP) is 1.18. The van der Waals surface area contributed by atoms with Gasteiger partial charge in [0.05, 0.1) is 11.4 Å². The fraction of sp³-hybridized carbons (Fsp3) is 0.500. The largest absolute Gasteiger partial charge is 0.352 e. The van der Waals surface area contributed by atoms with Gasteiger partial charge in [-0.15, -0.1) is 24.2 Å². The molecular weight excluding hydrogens is 348 g/mol. The average molecular weight is 371 g/mol. The molecule has 3 rings (SSSR count). The lowest BCUT2D eigenvalue weighted by Crippen LogP contribution is -2.44. The molecule has 2 heterocycles. The number of rotatable bonds is 5. The highest BCUT2D eigenvalue weighted by molar-refractivity contribution is 8.00. The van der Waals surface area contributed by atoms with Crippen LogP contribution < -0.4 is 16.0 Å². The molecule has 0 bridgehead atoms. The number of anilines is 1. The van der Waals surface area contributed by atoms with E-state index in [0.29, 0.717) is 17.9 Å². The van der Waals surface area contributed by atoms with Gasteiger partial charge in [0, 0.05) is 43.2 Å². The maximum absolute atomic E-state index is 12.2. The van der Waals surface area contributed by atoms with E-state index in [1.54, 1.807) is 6.07 Å². The van der Waals surface area contributed by atoms with Crippen molar-refractivity contribution in [1.82, 2.24) is 15.5 Å². The molecule has 0 aromatic heterocycles. The van der Waals surface area contributed by atoms with Crippen LogP contribution >= 0.6 is 24.2 Å². The van der Waals surface area contributed by atoms with Crippen LogP contribution in [-0.2, 0) is 4.79 Å². The van der Waals surface area contributed by atoms with Gasteiger partial charge in [0.15, 0.2) is 0 Å². The van der Waals surface area contributed by atoms with Crippen molar-refractivity contribution in [3.05, 3.63) is 23.8 Å². The topological polar surface area (TPSA) is 73.5 Å². The zero-order valence-corrected chi connectivity index (χ0v) is 15.1. The maximum atomic E-state index is 12.2. The normalized spacial score (nSPS) is 17.4. The molecule has 1 aromatic rings. The molecule has 1 saturated heterocycles. The van der Waals surface area contributed by atoms with Gasteiger partial charge in [0.1, 0.15) is 0 Å². The summed E-state index contributed by atoms with van der Waals surface area (Å²) < 4.78 is 0. The molecular formula is C16H23ClN4O2S. The number of amides is 2. The summed E-state index contributed by atoms with van der Waals surface area (Å²) in [7, 11) is 0. The number of nitrogens with zero attached hydrogens (tertiary/aromatic N) is 1. The number of thioether (sulfide) groups is 1. The van der Waals surface area contributed by atoms with Crippen LogP contribution in [0, 0.1) is 0 Å². The smallest absolute Gasteiger partial charge is 0.251 e. The number of halogens is 1. The quantitative estimate of drug-likeness (QED) is 0.679. The van der Waals surface area contributed by atoms with E-state index in [4.69, 9.17) is 0 Å². The number of benzene rings is 1. The van der Waals surface area contributed by atoms with Gasteiger partial charge in [0.25, 0.3) is 5.91 Å². The molecule has 0 radical (unpaired) electrons. The zero-order valence-electron chi connectivity index (χ0n) is 13.5. The predicted molar refractivity (Wildman–Crippen MR) is 99.3 cm³/mol. The van der Waals surface area contributed by atoms with Gasteiger partial charge in [-0.05, 0) is 31.2 Å². The summed E-state index contributed by atoms with van der Waals surface area (Å²) in [6, 6.07) is 5.47. The summed E-state index contributed by atoms with van der Waals surface area (Å²) >= 11 is 1.50. The molecule has 132 valence electrons. The number of piperazine rings is 1. The minimum atomic E-state index is -0.0852. The Kier molecular flexibility index (Phi) is 7.36. The summed E-state index contributed by atoms with van der Waals surface area (Å²) in [6.45, 7) is 5.93. The summed E-state index contributed by atoms with van der Waals surface area (Å²) in [5.41, 5.74) is 1.33. The first-order chi connectivity index (χ1) is 11.2. The molecule has 0 saturated carbocycles. The Balaban J connectivity index is 0.00000208. The number of hydrogen-bond acceptors (Lipinski definition) is 5. The Bertz CT molecular complexity index is 593. The lowest BCUT2D eigenvalue weighted by atomic mass is 10.2. The van der Waals surface area contributed by atoms with Crippen molar-refractivity contribution in [2.24, 2.45) is 0 Å². The van der Waals surface area contributed by atoms with Crippen molar-refractivity contribution in [3.8, 4) is 0 Å². The number of carbonyl (C=O) groups is 2. The SMILES string of the molecule is Cl.O=C1CSc2ccc(C(=O)NCCCN3CCNCC3)cc2N1. The number of nitrogens with one attached hydrogen (secondary N) is 3. The fourth-order valence-electron chi connectivity index (χ4n) is 2.77. The Morgan fingerprint density at radius 3 is 2.88 bits per heavy atom. The molecule has 1 aromatic carbocycles. The fourth-order valence-corrected chi connectivity index (χ4v) is 3.55. The molecule has 0 unspecified atom stereocenters. The van der Waals surface area contributed by atoms with Crippen LogP contribution in [0.15, 0.2) is 23.1 Å². The van der Waals surface area contributed by atoms with Gasteiger partial charge >= 0.3 is 0 Å². The van der Waals surface area contributed by atoms with Crippen molar-refractivity contribution in [1.29, 1.82) is 0 Å². The summed E-state index contributed by atoms with van der Waals surface area (Å²) in [5.74, 6) is 0.332. The van der Waals surface area contributed by atoms with E-state index in [0.717, 1.165) is 49.7 Å². The molecule has 3 N–H and O–H groups in total. The van der Waals surface area contributed by atoms with Crippen LogP contribution in [0.3, 0.4) is 0 Å². The van der Waals surface area contributed by atoms with E-state index < -0.39 is 0 Å². The highest BCUT2D eigenvalue weighted by Gasteiger charge is 2.17. The molecule has 1 fully saturated rings. The summed E-state index contributed by atoms with van der Waals surface area (Å²) in [5, 5.41) is 9.10. The van der Waals surface area contributed by atoms with E-state index in [9.17, 15) is 9.59 Å². The van der Waals surface area contributed by atoms with Gasteiger partial charge in [-0.25, -0.2) is 0 Å². The Labute approximate surface area is 152 Å². The minimum absolute atomic E-state index is 0. The van der Waals surface area contributed by atoms with Gasteiger partial charge in [0.2, 0.25) is 5.91 Å². The summed E-state index contributed by atoms with van der Waals surface area (Å²) in [6.07, 6.45) is 0.948. The third-order valence-corrected chi connectivity index (χ3v) is 5.09. The third-order valence-electron chi connectivity index (χ3n) is 4.02.